The van der Waals surface area contributed by atoms with Crippen molar-refractivity contribution in [1.82, 2.24) is 0 Å². The van der Waals surface area contributed by atoms with Crippen LogP contribution in [0.2, 0.25) is 0 Å². The molecule has 0 aromatic heterocycles. The summed E-state index contributed by atoms with van der Waals surface area (Å²) in [7, 11) is 0. The highest BCUT2D eigenvalue weighted by Crippen LogP contribution is 2.34. The Morgan fingerprint density at radius 1 is 0.560 bits per heavy atom. The average molecular weight is 322 g/mol. The number of benzene rings is 5. The molecule has 0 amide bonds. The molecule has 0 bridgehead atoms. The predicted octanol–water partition coefficient (Wildman–Crippen LogP) is 6.00. The van der Waals surface area contributed by atoms with Crippen LogP contribution in [0.25, 0.3) is 43.1 Å². The Kier molecular flexibility index (Phi) is 2.83. The summed E-state index contributed by atoms with van der Waals surface area (Å²) in [6.45, 7) is 0. The van der Waals surface area contributed by atoms with Gasteiger partial charge in [-0.3, -0.25) is 0 Å². The highest BCUT2D eigenvalue weighted by molar-refractivity contribution is 6.22. The Morgan fingerprint density at radius 3 is 1.80 bits per heavy atom. The molecule has 118 valence electrons. The summed E-state index contributed by atoms with van der Waals surface area (Å²) in [5.74, 6) is -0.898. The van der Waals surface area contributed by atoms with Crippen LogP contribution in [0.3, 0.4) is 0 Å². The third-order valence-electron chi connectivity index (χ3n) is 4.99. The van der Waals surface area contributed by atoms with Gasteiger partial charge in [-0.15, -0.1) is 0 Å². The molecule has 0 fully saturated rings. The number of carboxylic acids is 1. The second-order valence-electron chi connectivity index (χ2n) is 6.35. The molecular weight excluding hydrogens is 308 g/mol. The normalized spacial score (nSPS) is 11.5. The van der Waals surface area contributed by atoms with Crippen molar-refractivity contribution in [1.29, 1.82) is 0 Å². The first kappa shape index (κ1) is 14.0. The van der Waals surface area contributed by atoms with Crippen LogP contribution in [0, 0.1) is 0 Å². The van der Waals surface area contributed by atoms with Crippen molar-refractivity contribution in [2.45, 2.75) is 0 Å². The van der Waals surface area contributed by atoms with Crippen molar-refractivity contribution in [3.8, 4) is 0 Å². The Balaban J connectivity index is 1.96. The lowest BCUT2D eigenvalue weighted by molar-refractivity contribution is 0.0697. The monoisotopic (exact) mass is 322 g/mol. The molecule has 25 heavy (non-hydrogen) atoms. The van der Waals surface area contributed by atoms with Gasteiger partial charge < -0.3 is 5.11 Å². The molecule has 2 heteroatoms. The number of carboxylic acid groups (broad SMARTS) is 1. The van der Waals surface area contributed by atoms with E-state index in [4.69, 9.17) is 0 Å². The SMILES string of the molecule is O=C(O)c1ccc2ccc3c(ccc4c5ccccc5ccc43)c2c1. The molecule has 1 N–H and O–H groups in total. The van der Waals surface area contributed by atoms with E-state index in [2.05, 4.69) is 60.7 Å². The Bertz CT molecular complexity index is 1320. The van der Waals surface area contributed by atoms with E-state index < -0.39 is 5.97 Å². The maximum absolute atomic E-state index is 11.3. The second-order valence-corrected chi connectivity index (χ2v) is 6.35. The number of aromatic carboxylic acids is 1. The van der Waals surface area contributed by atoms with Crippen LogP contribution in [0.15, 0.2) is 78.9 Å². The van der Waals surface area contributed by atoms with E-state index in [0.29, 0.717) is 5.56 Å². The highest BCUT2D eigenvalue weighted by Gasteiger charge is 2.09. The first-order valence-corrected chi connectivity index (χ1v) is 8.23. The predicted molar refractivity (Wildman–Crippen MR) is 103 cm³/mol. The minimum atomic E-state index is -0.898. The lowest BCUT2D eigenvalue weighted by atomic mass is 9.94. The van der Waals surface area contributed by atoms with Gasteiger partial charge in [0.2, 0.25) is 0 Å². The van der Waals surface area contributed by atoms with Crippen molar-refractivity contribution in [3.63, 3.8) is 0 Å². The number of hydrogen-bond acceptors (Lipinski definition) is 1. The lowest BCUT2D eigenvalue weighted by Gasteiger charge is -2.10. The molecule has 0 saturated carbocycles. The molecule has 0 unspecified atom stereocenters. The molecular formula is C23H14O2. The third kappa shape index (κ3) is 2.01. The molecule has 0 aliphatic carbocycles. The van der Waals surface area contributed by atoms with Crippen molar-refractivity contribution >= 4 is 49.1 Å². The lowest BCUT2D eigenvalue weighted by Crippen LogP contribution is -1.95. The van der Waals surface area contributed by atoms with Crippen LogP contribution in [0.1, 0.15) is 10.4 Å². The van der Waals surface area contributed by atoms with E-state index in [1.165, 1.54) is 21.5 Å². The maximum atomic E-state index is 11.3. The fourth-order valence-electron chi connectivity index (χ4n) is 3.77. The van der Waals surface area contributed by atoms with Gasteiger partial charge in [-0.1, -0.05) is 66.7 Å². The van der Waals surface area contributed by atoms with Gasteiger partial charge in [0.15, 0.2) is 0 Å². The first-order valence-electron chi connectivity index (χ1n) is 8.23. The van der Waals surface area contributed by atoms with E-state index in [1.54, 1.807) is 12.1 Å². The molecule has 0 spiro atoms. The average Bonchev–Trinajstić information content (AvgIpc) is 2.66. The summed E-state index contributed by atoms with van der Waals surface area (Å²) >= 11 is 0. The standard InChI is InChI=1S/C23H14O2/c24-23(25)16-6-5-15-8-10-20-19-9-7-14-3-1-2-4-17(14)18(19)11-12-21(20)22(15)13-16/h1-13H,(H,24,25). The van der Waals surface area contributed by atoms with Gasteiger partial charge in [0.05, 0.1) is 5.56 Å². The summed E-state index contributed by atoms with van der Waals surface area (Å²) in [6.07, 6.45) is 0. The quantitative estimate of drug-likeness (QED) is 0.384. The van der Waals surface area contributed by atoms with Crippen LogP contribution in [-0.4, -0.2) is 11.1 Å². The number of rotatable bonds is 1. The molecule has 0 saturated heterocycles. The Hall–Kier alpha value is -3.39. The number of carbonyl (C=O) groups is 1. The van der Waals surface area contributed by atoms with Crippen molar-refractivity contribution in [3.05, 3.63) is 84.4 Å². The first-order chi connectivity index (χ1) is 12.2. The van der Waals surface area contributed by atoms with Crippen LogP contribution < -0.4 is 0 Å². The van der Waals surface area contributed by atoms with Crippen LogP contribution in [-0.2, 0) is 0 Å². The fraction of sp³-hybridized carbons (Fsp3) is 0. The van der Waals surface area contributed by atoms with E-state index in [0.717, 1.165) is 21.5 Å². The van der Waals surface area contributed by atoms with Crippen molar-refractivity contribution in [2.24, 2.45) is 0 Å². The number of hydrogen-bond donors (Lipinski definition) is 1. The highest BCUT2D eigenvalue weighted by atomic mass is 16.4. The Labute approximate surface area is 143 Å². The van der Waals surface area contributed by atoms with Gasteiger partial charge in [0.25, 0.3) is 0 Å². The van der Waals surface area contributed by atoms with Gasteiger partial charge >= 0.3 is 5.97 Å². The zero-order valence-corrected chi connectivity index (χ0v) is 13.4. The van der Waals surface area contributed by atoms with E-state index >= 15 is 0 Å². The molecule has 2 nitrogen and oxygen atoms in total. The van der Waals surface area contributed by atoms with Gasteiger partial charge in [-0.2, -0.15) is 0 Å². The summed E-state index contributed by atoms with van der Waals surface area (Å²) in [6, 6.07) is 26.5. The molecule has 0 aliphatic rings. The molecule has 0 radical (unpaired) electrons. The van der Waals surface area contributed by atoms with Gasteiger partial charge in [0, 0.05) is 0 Å². The fourth-order valence-corrected chi connectivity index (χ4v) is 3.77. The van der Waals surface area contributed by atoms with Gasteiger partial charge in [0.1, 0.15) is 0 Å². The summed E-state index contributed by atoms with van der Waals surface area (Å²) < 4.78 is 0. The maximum Gasteiger partial charge on any atom is 0.335 e. The van der Waals surface area contributed by atoms with Crippen LogP contribution in [0.4, 0.5) is 0 Å². The van der Waals surface area contributed by atoms with Crippen molar-refractivity contribution in [2.75, 3.05) is 0 Å². The summed E-state index contributed by atoms with van der Waals surface area (Å²) in [4.78, 5) is 11.3. The van der Waals surface area contributed by atoms with Crippen LogP contribution >= 0.6 is 0 Å². The Morgan fingerprint density at radius 2 is 1.08 bits per heavy atom. The minimum absolute atomic E-state index is 0.318. The van der Waals surface area contributed by atoms with Crippen molar-refractivity contribution < 1.29 is 9.90 Å². The molecule has 5 aromatic rings. The molecule has 0 atom stereocenters. The summed E-state index contributed by atoms with van der Waals surface area (Å²) in [5.41, 5.74) is 0.318. The summed E-state index contributed by atoms with van der Waals surface area (Å²) in [5, 5.41) is 18.5. The zero-order chi connectivity index (χ0) is 17.0. The molecule has 5 rings (SSSR count). The zero-order valence-electron chi connectivity index (χ0n) is 13.4. The van der Waals surface area contributed by atoms with Crippen LogP contribution in [0.5, 0.6) is 0 Å². The molecule has 0 aliphatic heterocycles. The van der Waals surface area contributed by atoms with E-state index in [1.807, 2.05) is 6.07 Å². The smallest absolute Gasteiger partial charge is 0.335 e. The second kappa shape index (κ2) is 5.05. The molecule has 0 heterocycles. The number of fused-ring (bicyclic) bond motifs is 7. The van der Waals surface area contributed by atoms with E-state index in [9.17, 15) is 9.90 Å². The van der Waals surface area contributed by atoms with Gasteiger partial charge in [-0.25, -0.2) is 4.79 Å². The minimum Gasteiger partial charge on any atom is -0.478 e. The third-order valence-corrected chi connectivity index (χ3v) is 4.99. The van der Waals surface area contributed by atoms with Gasteiger partial charge in [-0.05, 0) is 55.2 Å². The topological polar surface area (TPSA) is 37.3 Å². The largest absolute Gasteiger partial charge is 0.478 e. The molecule has 5 aromatic carbocycles. The van der Waals surface area contributed by atoms with E-state index in [-0.39, 0.29) is 0 Å².